The number of nitrogens with zero attached hydrogens (tertiary/aromatic N) is 2. The van der Waals surface area contributed by atoms with E-state index in [0.29, 0.717) is 6.54 Å². The Labute approximate surface area is 130 Å². The summed E-state index contributed by atoms with van der Waals surface area (Å²) in [5.41, 5.74) is 6.38. The number of ether oxygens (including phenoxy) is 2. The highest BCUT2D eigenvalue weighted by Gasteiger charge is 2.23. The molecule has 1 fully saturated rings. The van der Waals surface area contributed by atoms with Gasteiger partial charge in [0.1, 0.15) is 6.26 Å². The van der Waals surface area contributed by atoms with Crippen LogP contribution in [0.1, 0.15) is 12.8 Å². The molecule has 0 bridgehead atoms. The summed E-state index contributed by atoms with van der Waals surface area (Å²) in [5.74, 6) is 1.21. The maximum absolute atomic E-state index is 10.9. The van der Waals surface area contributed by atoms with Gasteiger partial charge in [-0.3, -0.25) is 9.69 Å². The van der Waals surface area contributed by atoms with Crippen molar-refractivity contribution >= 4 is 5.91 Å². The molecule has 3 aliphatic rings. The van der Waals surface area contributed by atoms with Crippen LogP contribution >= 0.6 is 0 Å². The van der Waals surface area contributed by atoms with Crippen LogP contribution in [0.4, 0.5) is 0 Å². The van der Waals surface area contributed by atoms with Gasteiger partial charge in [-0.05, 0) is 18.4 Å². The average Bonchev–Trinajstić information content (AvgIpc) is 2.56. The SMILES string of the molecule is NC(=O)CN1CCN(C2=COC(C3=CC=CCC3)=CO2)CC1. The van der Waals surface area contributed by atoms with Crippen LogP contribution in [0.3, 0.4) is 0 Å². The lowest BCUT2D eigenvalue weighted by Crippen LogP contribution is -2.48. The van der Waals surface area contributed by atoms with Gasteiger partial charge in [-0.2, -0.15) is 0 Å². The second kappa shape index (κ2) is 6.70. The fraction of sp³-hybridized carbons (Fsp3) is 0.438. The van der Waals surface area contributed by atoms with E-state index in [1.165, 1.54) is 0 Å². The Bertz CT molecular complexity index is 555. The van der Waals surface area contributed by atoms with Crippen molar-refractivity contribution in [2.45, 2.75) is 12.8 Å². The molecule has 0 radical (unpaired) electrons. The smallest absolute Gasteiger partial charge is 0.231 e. The van der Waals surface area contributed by atoms with Gasteiger partial charge in [-0.1, -0.05) is 18.2 Å². The lowest BCUT2D eigenvalue weighted by Gasteiger charge is -2.36. The molecular formula is C16H21N3O3. The Balaban J connectivity index is 1.51. The highest BCUT2D eigenvalue weighted by molar-refractivity contribution is 5.75. The van der Waals surface area contributed by atoms with Gasteiger partial charge in [0.05, 0.1) is 6.54 Å². The van der Waals surface area contributed by atoms with Crippen LogP contribution in [0.2, 0.25) is 0 Å². The Hall–Kier alpha value is -2.21. The number of amides is 1. The number of carbonyl (C=O) groups excluding carboxylic acids is 1. The topological polar surface area (TPSA) is 68.0 Å². The molecule has 6 nitrogen and oxygen atoms in total. The monoisotopic (exact) mass is 303 g/mol. The molecule has 2 aliphatic heterocycles. The van der Waals surface area contributed by atoms with E-state index < -0.39 is 0 Å². The molecule has 1 saturated heterocycles. The molecule has 22 heavy (non-hydrogen) atoms. The molecule has 118 valence electrons. The Morgan fingerprint density at radius 3 is 2.59 bits per heavy atom. The molecule has 6 heteroatoms. The second-order valence-corrected chi connectivity index (χ2v) is 5.56. The third-order valence-corrected chi connectivity index (χ3v) is 3.97. The van der Waals surface area contributed by atoms with E-state index in [1.54, 1.807) is 12.5 Å². The third kappa shape index (κ3) is 3.51. The highest BCUT2D eigenvalue weighted by Crippen LogP contribution is 2.26. The summed E-state index contributed by atoms with van der Waals surface area (Å²) in [4.78, 5) is 15.1. The van der Waals surface area contributed by atoms with Crippen LogP contribution < -0.4 is 5.73 Å². The van der Waals surface area contributed by atoms with Gasteiger partial charge in [-0.15, -0.1) is 0 Å². The van der Waals surface area contributed by atoms with Gasteiger partial charge in [-0.25, -0.2) is 0 Å². The fourth-order valence-electron chi connectivity index (χ4n) is 2.74. The average molecular weight is 303 g/mol. The van der Waals surface area contributed by atoms with Crippen LogP contribution in [-0.2, 0) is 14.3 Å². The summed E-state index contributed by atoms with van der Waals surface area (Å²) < 4.78 is 11.4. The minimum atomic E-state index is -0.285. The predicted molar refractivity (Wildman–Crippen MR) is 82.0 cm³/mol. The van der Waals surface area contributed by atoms with E-state index in [-0.39, 0.29) is 5.91 Å². The minimum Gasteiger partial charge on any atom is -0.456 e. The number of carbonyl (C=O) groups is 1. The summed E-state index contributed by atoms with van der Waals surface area (Å²) in [6, 6.07) is 0. The van der Waals surface area contributed by atoms with E-state index in [1.807, 2.05) is 11.0 Å². The molecule has 0 saturated carbocycles. The maximum Gasteiger partial charge on any atom is 0.231 e. The van der Waals surface area contributed by atoms with Crippen molar-refractivity contribution in [3.05, 3.63) is 48.0 Å². The van der Waals surface area contributed by atoms with Crippen molar-refractivity contribution in [2.75, 3.05) is 32.7 Å². The fourth-order valence-corrected chi connectivity index (χ4v) is 2.74. The molecule has 2 N–H and O–H groups in total. The number of primary amides is 1. The van der Waals surface area contributed by atoms with E-state index in [4.69, 9.17) is 15.2 Å². The standard InChI is InChI=1S/C16H21N3O3/c17-15(20)10-18-6-8-19(9-7-18)16-12-21-14(11-22-16)13-4-2-1-3-5-13/h1-2,4,11-12H,3,5-10H2,(H2,17,20). The first-order valence-corrected chi connectivity index (χ1v) is 7.58. The van der Waals surface area contributed by atoms with Crippen molar-refractivity contribution in [1.29, 1.82) is 0 Å². The molecule has 0 unspecified atom stereocenters. The lowest BCUT2D eigenvalue weighted by atomic mass is 10.0. The summed E-state index contributed by atoms with van der Waals surface area (Å²) in [7, 11) is 0. The number of hydrogen-bond acceptors (Lipinski definition) is 5. The zero-order valence-electron chi connectivity index (χ0n) is 12.5. The molecular weight excluding hydrogens is 282 g/mol. The van der Waals surface area contributed by atoms with Crippen molar-refractivity contribution < 1.29 is 14.3 Å². The first-order chi connectivity index (χ1) is 10.7. The Morgan fingerprint density at radius 2 is 2.00 bits per heavy atom. The molecule has 0 aromatic carbocycles. The largest absolute Gasteiger partial charge is 0.456 e. The van der Waals surface area contributed by atoms with Crippen molar-refractivity contribution in [2.24, 2.45) is 5.73 Å². The van der Waals surface area contributed by atoms with Gasteiger partial charge in [0.25, 0.3) is 0 Å². The van der Waals surface area contributed by atoms with E-state index in [0.717, 1.165) is 56.2 Å². The number of rotatable bonds is 4. The van der Waals surface area contributed by atoms with Crippen molar-refractivity contribution in [3.63, 3.8) is 0 Å². The van der Waals surface area contributed by atoms with Crippen molar-refractivity contribution in [3.8, 4) is 0 Å². The zero-order valence-corrected chi connectivity index (χ0v) is 12.5. The zero-order chi connectivity index (χ0) is 15.4. The quantitative estimate of drug-likeness (QED) is 0.841. The summed E-state index contributed by atoms with van der Waals surface area (Å²) >= 11 is 0. The Morgan fingerprint density at radius 1 is 1.18 bits per heavy atom. The van der Waals surface area contributed by atoms with E-state index >= 15 is 0 Å². The lowest BCUT2D eigenvalue weighted by molar-refractivity contribution is -0.119. The molecule has 0 aromatic rings. The number of piperazine rings is 1. The van der Waals surface area contributed by atoms with Gasteiger partial charge < -0.3 is 20.1 Å². The molecule has 0 atom stereocenters. The van der Waals surface area contributed by atoms with Crippen LogP contribution in [0.25, 0.3) is 0 Å². The van der Waals surface area contributed by atoms with Gasteiger partial charge in [0.2, 0.25) is 11.8 Å². The molecule has 1 amide bonds. The number of hydrogen-bond donors (Lipinski definition) is 1. The normalized spacial score (nSPS) is 22.2. The first kappa shape index (κ1) is 14.7. The van der Waals surface area contributed by atoms with Crippen LogP contribution in [-0.4, -0.2) is 48.4 Å². The minimum absolute atomic E-state index is 0.285. The molecule has 0 spiro atoms. The van der Waals surface area contributed by atoms with E-state index in [2.05, 4.69) is 17.1 Å². The summed E-state index contributed by atoms with van der Waals surface area (Å²) in [6.45, 7) is 3.47. The van der Waals surface area contributed by atoms with Crippen molar-refractivity contribution in [1.82, 2.24) is 9.80 Å². The summed E-state index contributed by atoms with van der Waals surface area (Å²) in [6.07, 6.45) is 11.6. The maximum atomic E-state index is 10.9. The Kier molecular flexibility index (Phi) is 4.48. The van der Waals surface area contributed by atoms with Gasteiger partial charge >= 0.3 is 0 Å². The van der Waals surface area contributed by atoms with Crippen LogP contribution in [0, 0.1) is 0 Å². The summed E-state index contributed by atoms with van der Waals surface area (Å²) in [5, 5.41) is 0. The second-order valence-electron chi connectivity index (χ2n) is 5.56. The van der Waals surface area contributed by atoms with Gasteiger partial charge in [0.15, 0.2) is 12.0 Å². The molecule has 0 aromatic heterocycles. The molecule has 1 aliphatic carbocycles. The molecule has 3 rings (SSSR count). The number of allylic oxidation sites excluding steroid dienone is 4. The number of nitrogens with two attached hydrogens (primary N) is 1. The molecule has 2 heterocycles. The predicted octanol–water partition coefficient (Wildman–Crippen LogP) is 1.05. The van der Waals surface area contributed by atoms with E-state index in [9.17, 15) is 4.79 Å². The highest BCUT2D eigenvalue weighted by atomic mass is 16.6. The van der Waals surface area contributed by atoms with Crippen LogP contribution in [0.5, 0.6) is 0 Å². The van der Waals surface area contributed by atoms with Gasteiger partial charge in [0, 0.05) is 26.2 Å². The first-order valence-electron chi connectivity index (χ1n) is 7.58. The van der Waals surface area contributed by atoms with Crippen LogP contribution in [0.15, 0.2) is 48.0 Å². The third-order valence-electron chi connectivity index (χ3n) is 3.97.